The Labute approximate surface area is 121 Å². The fourth-order valence-electron chi connectivity index (χ4n) is 2.27. The summed E-state index contributed by atoms with van der Waals surface area (Å²) in [5.74, 6) is 0.558. The van der Waals surface area contributed by atoms with Gasteiger partial charge in [-0.2, -0.15) is 0 Å². The number of ether oxygens (including phenoxy) is 1. The molecule has 0 amide bonds. The fourth-order valence-corrected chi connectivity index (χ4v) is 2.27. The van der Waals surface area contributed by atoms with Gasteiger partial charge in [-0.05, 0) is 41.8 Å². The van der Waals surface area contributed by atoms with E-state index in [0.717, 1.165) is 5.39 Å². The zero-order valence-corrected chi connectivity index (χ0v) is 11.4. The number of fused-ring (bicyclic) bond motifs is 1. The first-order chi connectivity index (χ1) is 10.2. The number of carbonyl (C=O) groups is 1. The Kier molecular flexibility index (Phi) is 3.28. The van der Waals surface area contributed by atoms with Crippen LogP contribution in [0.25, 0.3) is 10.9 Å². The molecule has 0 unspecified atom stereocenters. The molecule has 0 spiro atoms. The van der Waals surface area contributed by atoms with Crippen LogP contribution in [0.15, 0.2) is 59.4 Å². The maximum atomic E-state index is 12.6. The molecule has 4 heteroatoms. The predicted molar refractivity (Wildman–Crippen MR) is 81.0 cm³/mol. The first kappa shape index (κ1) is 13.1. The SMILES string of the molecule is COc1ccc(C(=O)c2cccc3ccc(=O)[nH]c23)cc1. The minimum atomic E-state index is -0.225. The van der Waals surface area contributed by atoms with Gasteiger partial charge in [0.1, 0.15) is 5.75 Å². The Morgan fingerprint density at radius 2 is 1.76 bits per heavy atom. The van der Waals surface area contributed by atoms with Crippen molar-refractivity contribution in [2.24, 2.45) is 0 Å². The molecule has 1 N–H and O–H groups in total. The van der Waals surface area contributed by atoms with E-state index in [0.29, 0.717) is 22.4 Å². The van der Waals surface area contributed by atoms with E-state index in [9.17, 15) is 9.59 Å². The molecule has 0 aliphatic heterocycles. The van der Waals surface area contributed by atoms with E-state index in [2.05, 4.69) is 4.98 Å². The van der Waals surface area contributed by atoms with Crippen LogP contribution in [0.5, 0.6) is 5.75 Å². The van der Waals surface area contributed by atoms with Gasteiger partial charge in [-0.15, -0.1) is 0 Å². The molecule has 3 rings (SSSR count). The second-order valence-corrected chi connectivity index (χ2v) is 4.65. The van der Waals surface area contributed by atoms with Gasteiger partial charge in [0.15, 0.2) is 5.78 Å². The maximum Gasteiger partial charge on any atom is 0.248 e. The lowest BCUT2D eigenvalue weighted by Crippen LogP contribution is -2.08. The summed E-state index contributed by atoms with van der Waals surface area (Å²) in [5, 5.41) is 0.828. The highest BCUT2D eigenvalue weighted by atomic mass is 16.5. The average molecular weight is 279 g/mol. The molecule has 0 saturated heterocycles. The number of aromatic nitrogens is 1. The largest absolute Gasteiger partial charge is 0.497 e. The Bertz CT molecular complexity index is 863. The summed E-state index contributed by atoms with van der Waals surface area (Å²) in [6, 6.07) is 15.4. The number of aromatic amines is 1. The highest BCUT2D eigenvalue weighted by Crippen LogP contribution is 2.20. The molecule has 3 aromatic rings. The molecule has 4 nitrogen and oxygen atoms in total. The number of H-pyrrole nitrogens is 1. The van der Waals surface area contributed by atoms with Crippen molar-refractivity contribution >= 4 is 16.7 Å². The van der Waals surface area contributed by atoms with Crippen LogP contribution in [-0.4, -0.2) is 17.9 Å². The number of nitrogens with one attached hydrogen (secondary N) is 1. The Hall–Kier alpha value is -2.88. The van der Waals surface area contributed by atoms with Crippen LogP contribution >= 0.6 is 0 Å². The van der Waals surface area contributed by atoms with E-state index >= 15 is 0 Å². The van der Waals surface area contributed by atoms with Crippen molar-refractivity contribution in [3.8, 4) is 5.75 Å². The summed E-state index contributed by atoms with van der Waals surface area (Å²) in [6.07, 6.45) is 0. The number of hydrogen-bond donors (Lipinski definition) is 1. The van der Waals surface area contributed by atoms with Gasteiger partial charge >= 0.3 is 0 Å². The van der Waals surface area contributed by atoms with Crippen LogP contribution in [0.2, 0.25) is 0 Å². The number of benzene rings is 2. The zero-order chi connectivity index (χ0) is 14.8. The third-order valence-electron chi connectivity index (χ3n) is 3.36. The lowest BCUT2D eigenvalue weighted by molar-refractivity contribution is 0.104. The second kappa shape index (κ2) is 5.25. The van der Waals surface area contributed by atoms with E-state index in [1.165, 1.54) is 6.07 Å². The molecule has 0 saturated carbocycles. The predicted octanol–water partition coefficient (Wildman–Crippen LogP) is 2.77. The average Bonchev–Trinajstić information content (AvgIpc) is 2.53. The topological polar surface area (TPSA) is 59.2 Å². The molecule has 104 valence electrons. The second-order valence-electron chi connectivity index (χ2n) is 4.65. The first-order valence-corrected chi connectivity index (χ1v) is 6.50. The zero-order valence-electron chi connectivity index (χ0n) is 11.4. The van der Waals surface area contributed by atoms with E-state index in [1.807, 2.05) is 6.07 Å². The molecule has 0 fully saturated rings. The molecule has 21 heavy (non-hydrogen) atoms. The van der Waals surface area contributed by atoms with Gasteiger partial charge < -0.3 is 9.72 Å². The lowest BCUT2D eigenvalue weighted by atomic mass is 10.0. The summed E-state index contributed by atoms with van der Waals surface area (Å²) in [4.78, 5) is 26.8. The Balaban J connectivity index is 2.12. The highest BCUT2D eigenvalue weighted by molar-refractivity contribution is 6.15. The standard InChI is InChI=1S/C17H13NO3/c1-21-13-8-5-12(6-9-13)17(20)14-4-2-3-11-7-10-15(19)18-16(11)14/h2-10H,1H3,(H,18,19). The highest BCUT2D eigenvalue weighted by Gasteiger charge is 2.13. The summed E-state index contributed by atoms with van der Waals surface area (Å²) < 4.78 is 5.08. The van der Waals surface area contributed by atoms with E-state index in [1.54, 1.807) is 49.6 Å². The molecular weight excluding hydrogens is 266 g/mol. The third-order valence-corrected chi connectivity index (χ3v) is 3.36. The molecule has 0 aliphatic carbocycles. The van der Waals surface area contributed by atoms with Gasteiger partial charge in [0.05, 0.1) is 12.6 Å². The molecule has 0 atom stereocenters. The smallest absolute Gasteiger partial charge is 0.248 e. The fraction of sp³-hybridized carbons (Fsp3) is 0.0588. The Morgan fingerprint density at radius 1 is 1.00 bits per heavy atom. The number of hydrogen-bond acceptors (Lipinski definition) is 3. The van der Waals surface area contributed by atoms with Crippen molar-refractivity contribution in [2.45, 2.75) is 0 Å². The van der Waals surface area contributed by atoms with Crippen LogP contribution in [-0.2, 0) is 0 Å². The molecule has 1 heterocycles. The van der Waals surface area contributed by atoms with Gasteiger partial charge in [0.25, 0.3) is 0 Å². The van der Waals surface area contributed by atoms with Crippen LogP contribution < -0.4 is 10.3 Å². The summed E-state index contributed by atoms with van der Waals surface area (Å²) in [6.45, 7) is 0. The third kappa shape index (κ3) is 2.43. The number of pyridine rings is 1. The molecular formula is C17H13NO3. The number of rotatable bonds is 3. The quantitative estimate of drug-likeness (QED) is 0.750. The van der Waals surface area contributed by atoms with Crippen molar-refractivity contribution in [3.05, 3.63) is 76.1 Å². The molecule has 1 aromatic heterocycles. The summed E-state index contributed by atoms with van der Waals surface area (Å²) in [5.41, 5.74) is 1.37. The van der Waals surface area contributed by atoms with Crippen LogP contribution in [0.1, 0.15) is 15.9 Å². The van der Waals surface area contributed by atoms with Crippen LogP contribution in [0.4, 0.5) is 0 Å². The van der Waals surface area contributed by atoms with E-state index in [-0.39, 0.29) is 11.3 Å². The minimum absolute atomic E-state index is 0.134. The van der Waals surface area contributed by atoms with Gasteiger partial charge in [-0.25, -0.2) is 0 Å². The summed E-state index contributed by atoms with van der Waals surface area (Å²) in [7, 11) is 1.58. The van der Waals surface area contributed by atoms with Gasteiger partial charge in [0, 0.05) is 17.2 Å². The van der Waals surface area contributed by atoms with Gasteiger partial charge in [-0.1, -0.05) is 12.1 Å². The monoisotopic (exact) mass is 279 g/mol. The van der Waals surface area contributed by atoms with Crippen molar-refractivity contribution in [3.63, 3.8) is 0 Å². The molecule has 0 radical (unpaired) electrons. The van der Waals surface area contributed by atoms with Crippen molar-refractivity contribution in [2.75, 3.05) is 7.11 Å². The summed E-state index contributed by atoms with van der Waals surface area (Å²) >= 11 is 0. The van der Waals surface area contributed by atoms with E-state index < -0.39 is 0 Å². The normalized spacial score (nSPS) is 10.5. The number of carbonyl (C=O) groups excluding carboxylic acids is 1. The maximum absolute atomic E-state index is 12.6. The van der Waals surface area contributed by atoms with Crippen molar-refractivity contribution < 1.29 is 9.53 Å². The lowest BCUT2D eigenvalue weighted by Gasteiger charge is -2.06. The van der Waals surface area contributed by atoms with Gasteiger partial charge in [0.2, 0.25) is 5.56 Å². The van der Waals surface area contributed by atoms with Crippen LogP contribution in [0, 0.1) is 0 Å². The van der Waals surface area contributed by atoms with Crippen molar-refractivity contribution in [1.29, 1.82) is 0 Å². The Morgan fingerprint density at radius 3 is 2.48 bits per heavy atom. The number of methoxy groups -OCH3 is 1. The minimum Gasteiger partial charge on any atom is -0.497 e. The van der Waals surface area contributed by atoms with Crippen molar-refractivity contribution in [1.82, 2.24) is 4.98 Å². The molecule has 0 aliphatic rings. The van der Waals surface area contributed by atoms with Gasteiger partial charge in [-0.3, -0.25) is 9.59 Å². The molecule has 0 bridgehead atoms. The number of para-hydroxylation sites is 1. The first-order valence-electron chi connectivity index (χ1n) is 6.50. The van der Waals surface area contributed by atoms with E-state index in [4.69, 9.17) is 4.74 Å². The van der Waals surface area contributed by atoms with Crippen LogP contribution in [0.3, 0.4) is 0 Å². The number of ketones is 1. The molecule has 2 aromatic carbocycles.